The van der Waals surface area contributed by atoms with Gasteiger partial charge >= 0.3 is 0 Å². The second-order valence-corrected chi connectivity index (χ2v) is 6.06. The smallest absolute Gasteiger partial charge is 0.0954 e. The molecule has 0 radical (unpaired) electrons. The maximum absolute atomic E-state index is 4.46. The molecule has 5 heteroatoms. The van der Waals surface area contributed by atoms with Gasteiger partial charge in [0.05, 0.1) is 23.9 Å². The van der Waals surface area contributed by atoms with Gasteiger partial charge in [-0.25, -0.2) is 4.98 Å². The molecule has 21 heavy (non-hydrogen) atoms. The van der Waals surface area contributed by atoms with Crippen molar-refractivity contribution in [1.82, 2.24) is 24.2 Å². The second kappa shape index (κ2) is 6.02. The largest absolute Gasteiger partial charge is 0.326 e. The lowest BCUT2D eigenvalue weighted by molar-refractivity contribution is 0.273. The van der Waals surface area contributed by atoms with Crippen LogP contribution in [0.3, 0.4) is 0 Å². The molecule has 0 N–H and O–H groups in total. The molecule has 1 aliphatic rings. The number of aromatic nitrogens is 4. The van der Waals surface area contributed by atoms with Gasteiger partial charge in [0, 0.05) is 31.4 Å². The first-order valence-electron chi connectivity index (χ1n) is 7.94. The zero-order chi connectivity index (χ0) is 14.8. The van der Waals surface area contributed by atoms with Gasteiger partial charge in [-0.15, -0.1) is 0 Å². The molecule has 2 aromatic heterocycles. The Morgan fingerprint density at radius 3 is 2.67 bits per heavy atom. The van der Waals surface area contributed by atoms with Crippen molar-refractivity contribution in [3.05, 3.63) is 24.4 Å². The molecule has 1 fully saturated rings. The van der Waals surface area contributed by atoms with Gasteiger partial charge in [-0.1, -0.05) is 6.92 Å². The average molecular weight is 287 g/mol. The summed E-state index contributed by atoms with van der Waals surface area (Å²) >= 11 is 0. The first-order chi connectivity index (χ1) is 10.2. The minimum absolute atomic E-state index is 0.486. The Balaban J connectivity index is 1.87. The van der Waals surface area contributed by atoms with E-state index in [1.54, 1.807) is 0 Å². The van der Waals surface area contributed by atoms with Crippen LogP contribution in [0, 0.1) is 6.92 Å². The summed E-state index contributed by atoms with van der Waals surface area (Å²) < 4.78 is 4.21. The Morgan fingerprint density at radius 1 is 1.29 bits per heavy atom. The van der Waals surface area contributed by atoms with Crippen molar-refractivity contribution in [2.24, 2.45) is 7.05 Å². The van der Waals surface area contributed by atoms with Gasteiger partial charge in [0.15, 0.2) is 0 Å². The van der Waals surface area contributed by atoms with Gasteiger partial charge < -0.3 is 9.47 Å². The van der Waals surface area contributed by atoms with E-state index in [0.717, 1.165) is 18.7 Å². The molecule has 0 saturated carbocycles. The highest BCUT2D eigenvalue weighted by atomic mass is 15.3. The van der Waals surface area contributed by atoms with Crippen LogP contribution in [0.4, 0.5) is 0 Å². The average Bonchev–Trinajstić information content (AvgIpc) is 3.17. The van der Waals surface area contributed by atoms with E-state index in [4.69, 9.17) is 0 Å². The molecule has 1 aliphatic heterocycles. The van der Waals surface area contributed by atoms with E-state index in [1.807, 2.05) is 24.3 Å². The molecule has 3 heterocycles. The van der Waals surface area contributed by atoms with Crippen LogP contribution in [0.15, 0.2) is 18.7 Å². The minimum Gasteiger partial charge on any atom is -0.326 e. The second-order valence-electron chi connectivity index (χ2n) is 6.06. The van der Waals surface area contributed by atoms with Crippen molar-refractivity contribution in [2.45, 2.75) is 39.2 Å². The summed E-state index contributed by atoms with van der Waals surface area (Å²) in [5, 5.41) is 4.46. The van der Waals surface area contributed by atoms with E-state index in [0.29, 0.717) is 6.04 Å². The number of hydrogen-bond acceptors (Lipinski definition) is 3. The van der Waals surface area contributed by atoms with Crippen LogP contribution < -0.4 is 0 Å². The summed E-state index contributed by atoms with van der Waals surface area (Å²) in [5.74, 6) is 0. The van der Waals surface area contributed by atoms with Crippen LogP contribution in [0.25, 0.3) is 11.3 Å². The Labute approximate surface area is 126 Å². The summed E-state index contributed by atoms with van der Waals surface area (Å²) in [5.41, 5.74) is 3.44. The van der Waals surface area contributed by atoms with Gasteiger partial charge in [0.2, 0.25) is 0 Å². The SMILES string of the molecule is CC[C@@H](CN1CCCC1)n1cncc1-c1cn(C)nc1C. The summed E-state index contributed by atoms with van der Waals surface area (Å²) in [6, 6.07) is 0.486. The van der Waals surface area contributed by atoms with Gasteiger partial charge in [-0.05, 0) is 39.3 Å². The van der Waals surface area contributed by atoms with Crippen LogP contribution in [0.5, 0.6) is 0 Å². The molecule has 0 spiro atoms. The lowest BCUT2D eigenvalue weighted by Gasteiger charge is -2.25. The van der Waals surface area contributed by atoms with Crippen LogP contribution in [0.2, 0.25) is 0 Å². The van der Waals surface area contributed by atoms with Gasteiger partial charge in [-0.2, -0.15) is 5.10 Å². The highest BCUT2D eigenvalue weighted by Crippen LogP contribution is 2.27. The maximum Gasteiger partial charge on any atom is 0.0954 e. The highest BCUT2D eigenvalue weighted by molar-refractivity contribution is 5.60. The Bertz CT molecular complexity index is 592. The molecule has 0 bridgehead atoms. The van der Waals surface area contributed by atoms with Gasteiger partial charge in [-0.3, -0.25) is 4.68 Å². The van der Waals surface area contributed by atoms with E-state index in [9.17, 15) is 0 Å². The summed E-state index contributed by atoms with van der Waals surface area (Å²) in [7, 11) is 1.97. The molecule has 1 atom stereocenters. The van der Waals surface area contributed by atoms with Crippen molar-refractivity contribution in [2.75, 3.05) is 19.6 Å². The van der Waals surface area contributed by atoms with Crippen molar-refractivity contribution in [1.29, 1.82) is 0 Å². The zero-order valence-corrected chi connectivity index (χ0v) is 13.3. The zero-order valence-electron chi connectivity index (χ0n) is 13.3. The molecule has 1 saturated heterocycles. The van der Waals surface area contributed by atoms with E-state index in [-0.39, 0.29) is 0 Å². The predicted octanol–water partition coefficient (Wildman–Crippen LogP) is 2.64. The molecular weight excluding hydrogens is 262 g/mol. The van der Waals surface area contributed by atoms with Crippen molar-refractivity contribution >= 4 is 0 Å². The van der Waals surface area contributed by atoms with E-state index < -0.39 is 0 Å². The third-order valence-corrected chi connectivity index (χ3v) is 4.49. The van der Waals surface area contributed by atoms with Crippen LogP contribution in [0.1, 0.15) is 37.9 Å². The Kier molecular flexibility index (Phi) is 4.10. The third kappa shape index (κ3) is 2.88. The van der Waals surface area contributed by atoms with E-state index in [1.165, 1.54) is 37.2 Å². The fourth-order valence-electron chi connectivity index (χ4n) is 3.33. The van der Waals surface area contributed by atoms with Crippen molar-refractivity contribution < 1.29 is 0 Å². The lowest BCUT2D eigenvalue weighted by Crippen LogP contribution is -2.28. The molecule has 0 amide bonds. The topological polar surface area (TPSA) is 38.9 Å². The van der Waals surface area contributed by atoms with Gasteiger partial charge in [0.25, 0.3) is 0 Å². The Morgan fingerprint density at radius 2 is 2.05 bits per heavy atom. The number of aryl methyl sites for hydroxylation is 2. The third-order valence-electron chi connectivity index (χ3n) is 4.49. The normalized spacial score (nSPS) is 17.5. The first kappa shape index (κ1) is 14.3. The molecule has 0 aromatic carbocycles. The fraction of sp³-hybridized carbons (Fsp3) is 0.625. The van der Waals surface area contributed by atoms with Crippen LogP contribution >= 0.6 is 0 Å². The molecule has 114 valence electrons. The fourth-order valence-corrected chi connectivity index (χ4v) is 3.33. The monoisotopic (exact) mass is 287 g/mol. The van der Waals surface area contributed by atoms with Crippen LogP contribution in [-0.4, -0.2) is 43.9 Å². The quantitative estimate of drug-likeness (QED) is 0.848. The Hall–Kier alpha value is -1.62. The summed E-state index contributed by atoms with van der Waals surface area (Å²) in [4.78, 5) is 6.98. The maximum atomic E-state index is 4.46. The molecular formula is C16H25N5. The van der Waals surface area contributed by atoms with Crippen molar-refractivity contribution in [3.8, 4) is 11.3 Å². The molecule has 0 unspecified atom stereocenters. The standard InChI is InChI=1S/C16H25N5/c1-4-14(10-20-7-5-6-8-20)21-12-17-9-16(21)15-11-19(3)18-13(15)2/h9,11-12,14H,4-8,10H2,1-3H3/t14-/m0/s1. The van der Waals surface area contributed by atoms with E-state index in [2.05, 4.69) is 39.6 Å². The number of nitrogens with zero attached hydrogens (tertiary/aromatic N) is 5. The highest BCUT2D eigenvalue weighted by Gasteiger charge is 2.21. The van der Waals surface area contributed by atoms with Crippen molar-refractivity contribution in [3.63, 3.8) is 0 Å². The van der Waals surface area contributed by atoms with E-state index >= 15 is 0 Å². The predicted molar refractivity (Wildman–Crippen MR) is 84.2 cm³/mol. The molecule has 0 aliphatic carbocycles. The first-order valence-corrected chi connectivity index (χ1v) is 7.94. The minimum atomic E-state index is 0.486. The summed E-state index contributed by atoms with van der Waals surface area (Å²) in [6.07, 6.45) is 9.84. The number of rotatable bonds is 5. The molecule has 2 aromatic rings. The van der Waals surface area contributed by atoms with Gasteiger partial charge in [0.1, 0.15) is 0 Å². The molecule has 3 rings (SSSR count). The van der Waals surface area contributed by atoms with Crippen LogP contribution in [-0.2, 0) is 7.05 Å². The number of imidazole rings is 1. The number of likely N-dealkylation sites (tertiary alicyclic amines) is 1. The number of hydrogen-bond donors (Lipinski definition) is 0. The lowest BCUT2D eigenvalue weighted by atomic mass is 10.1. The molecule has 5 nitrogen and oxygen atoms in total. The summed E-state index contributed by atoms with van der Waals surface area (Å²) in [6.45, 7) is 7.94.